The molecule has 1 fully saturated rings. The summed E-state index contributed by atoms with van der Waals surface area (Å²) in [6.07, 6.45) is 1.09. The first-order valence-corrected chi connectivity index (χ1v) is 12.0. The molecule has 3 aliphatic rings. The third kappa shape index (κ3) is 3.23. The van der Waals surface area contributed by atoms with E-state index in [0.29, 0.717) is 4.88 Å². The maximum absolute atomic E-state index is 15.8. The molecule has 5 nitrogen and oxygen atoms in total. The van der Waals surface area contributed by atoms with Crippen LogP contribution in [0.2, 0.25) is 0 Å². The van der Waals surface area contributed by atoms with Crippen molar-refractivity contribution < 1.29 is 13.2 Å². The highest BCUT2D eigenvalue weighted by molar-refractivity contribution is 7.12. The van der Waals surface area contributed by atoms with E-state index in [1.807, 2.05) is 13.0 Å². The van der Waals surface area contributed by atoms with Gasteiger partial charge in [0, 0.05) is 33.4 Å². The lowest BCUT2D eigenvalue weighted by Gasteiger charge is -2.32. The monoisotopic (exact) mass is 465 g/mol. The molecule has 0 radical (unpaired) electrons. The Morgan fingerprint density at radius 2 is 1.97 bits per heavy atom. The zero-order valence-corrected chi connectivity index (χ0v) is 18.8. The number of allylic oxidation sites excluding steroid dienone is 2. The first-order valence-electron chi connectivity index (χ1n) is 11.2. The second-order valence-corrected chi connectivity index (χ2v) is 10.5. The molecule has 5 rings (SSSR count). The van der Waals surface area contributed by atoms with Crippen LogP contribution in [0.25, 0.3) is 5.57 Å². The van der Waals surface area contributed by atoms with Crippen LogP contribution >= 0.6 is 11.3 Å². The summed E-state index contributed by atoms with van der Waals surface area (Å²) in [6.45, 7) is 3.68. The van der Waals surface area contributed by atoms with E-state index in [4.69, 9.17) is 5.73 Å². The fraction of sp³-hybridized carbons (Fsp3) is 0.565. The number of hydrogen-bond acceptors (Lipinski definition) is 4. The first kappa shape index (κ1) is 21.7. The lowest BCUT2D eigenvalue weighted by molar-refractivity contribution is 0.209. The van der Waals surface area contributed by atoms with Gasteiger partial charge in [0.25, 0.3) is 12.0 Å². The fourth-order valence-corrected chi connectivity index (χ4v) is 7.01. The number of rotatable bonds is 4. The van der Waals surface area contributed by atoms with Gasteiger partial charge in [0.15, 0.2) is 0 Å². The molecule has 2 aromatic heterocycles. The molecule has 4 atom stereocenters. The van der Waals surface area contributed by atoms with Crippen molar-refractivity contribution in [2.24, 2.45) is 5.73 Å². The molecule has 0 aromatic carbocycles. The van der Waals surface area contributed by atoms with Gasteiger partial charge in [0.05, 0.1) is 17.1 Å². The van der Waals surface area contributed by atoms with E-state index in [1.54, 1.807) is 6.92 Å². The average molecular weight is 466 g/mol. The van der Waals surface area contributed by atoms with Gasteiger partial charge in [-0.1, -0.05) is 6.92 Å². The quantitative estimate of drug-likeness (QED) is 0.695. The lowest BCUT2D eigenvalue weighted by Crippen LogP contribution is -2.39. The molecule has 1 saturated carbocycles. The summed E-state index contributed by atoms with van der Waals surface area (Å²) >= 11 is 1.45. The molecule has 4 unspecified atom stereocenters. The Labute approximate surface area is 187 Å². The molecule has 172 valence electrons. The Kier molecular flexibility index (Phi) is 5.24. The Hall–Kier alpha value is -2.13. The third-order valence-corrected chi connectivity index (χ3v) is 8.46. The van der Waals surface area contributed by atoms with Crippen molar-refractivity contribution in [3.63, 3.8) is 0 Å². The summed E-state index contributed by atoms with van der Waals surface area (Å²) < 4.78 is 45.5. The van der Waals surface area contributed by atoms with E-state index in [0.717, 1.165) is 42.5 Å². The van der Waals surface area contributed by atoms with E-state index >= 15 is 4.39 Å². The Balaban J connectivity index is 1.73. The molecular weight excluding hydrogens is 439 g/mol. The number of alkyl halides is 2. The zero-order chi connectivity index (χ0) is 22.9. The van der Waals surface area contributed by atoms with Crippen molar-refractivity contribution in [2.75, 3.05) is 0 Å². The minimum absolute atomic E-state index is 0.0587. The number of aromatic amines is 1. The van der Waals surface area contributed by atoms with E-state index < -0.39 is 40.9 Å². The normalized spacial score (nSPS) is 26.3. The molecule has 0 bridgehead atoms. The van der Waals surface area contributed by atoms with Crippen molar-refractivity contribution >= 4 is 16.9 Å². The topological polar surface area (TPSA) is 80.9 Å². The van der Waals surface area contributed by atoms with Gasteiger partial charge in [-0.05, 0) is 56.6 Å². The molecule has 0 spiro atoms. The number of aromatic nitrogens is 2. The molecular formula is C23H26F3N3O2S. The highest BCUT2D eigenvalue weighted by Crippen LogP contribution is 2.53. The lowest BCUT2D eigenvalue weighted by atomic mass is 9.77. The Morgan fingerprint density at radius 1 is 1.25 bits per heavy atom. The Morgan fingerprint density at radius 3 is 2.59 bits per heavy atom. The first-order chi connectivity index (χ1) is 15.2. The van der Waals surface area contributed by atoms with Crippen molar-refractivity contribution in [3.05, 3.63) is 59.3 Å². The van der Waals surface area contributed by atoms with E-state index in [2.05, 4.69) is 4.98 Å². The van der Waals surface area contributed by atoms with Crippen LogP contribution in [0.4, 0.5) is 13.2 Å². The van der Waals surface area contributed by atoms with Gasteiger partial charge in [-0.25, -0.2) is 18.0 Å². The second-order valence-electron chi connectivity index (χ2n) is 9.33. The molecule has 2 aromatic rings. The average Bonchev–Trinajstić information content (AvgIpc) is 3.45. The smallest absolute Gasteiger partial charge is 0.327 e. The molecule has 32 heavy (non-hydrogen) atoms. The largest absolute Gasteiger partial charge is 0.328 e. The molecule has 0 saturated heterocycles. The fourth-order valence-electron chi connectivity index (χ4n) is 5.53. The standard InChI is InChI=1S/C23H26F3N3O2S/c1-9-16(15-8-13-12(10(2)27)4-3-5-14(13)32-15)19(24)17(21(25)26)18-20(9)29(11-6-7-11)23(31)28-22(18)30/h8-12,16,21H,3-7,27H2,1-2H3,(H,28,30,31). The van der Waals surface area contributed by atoms with E-state index in [-0.39, 0.29) is 29.3 Å². The summed E-state index contributed by atoms with van der Waals surface area (Å²) in [4.78, 5) is 29.1. The number of hydrogen-bond donors (Lipinski definition) is 2. The molecule has 0 aliphatic heterocycles. The summed E-state index contributed by atoms with van der Waals surface area (Å²) in [5.41, 5.74) is 4.70. The molecule has 0 amide bonds. The summed E-state index contributed by atoms with van der Waals surface area (Å²) in [6, 6.07) is 1.72. The number of H-pyrrole nitrogens is 1. The third-order valence-electron chi connectivity index (χ3n) is 7.16. The van der Waals surface area contributed by atoms with Crippen molar-refractivity contribution in [3.8, 4) is 0 Å². The minimum Gasteiger partial charge on any atom is -0.327 e. The SMILES string of the molecule is CC(N)C1CCCc2sc(C3C(F)=C(C(F)F)c4c(n(C5CC5)c(=O)[nH]c4=O)C3C)cc21. The Bertz CT molecular complexity index is 1220. The number of thiophene rings is 1. The van der Waals surface area contributed by atoms with Crippen LogP contribution in [0.1, 0.15) is 89.9 Å². The van der Waals surface area contributed by atoms with Crippen LogP contribution in [0.15, 0.2) is 21.5 Å². The van der Waals surface area contributed by atoms with Crippen LogP contribution < -0.4 is 17.0 Å². The number of nitrogens with two attached hydrogens (primary N) is 1. The highest BCUT2D eigenvalue weighted by Gasteiger charge is 2.44. The number of nitrogens with zero attached hydrogens (tertiary/aromatic N) is 1. The van der Waals surface area contributed by atoms with Gasteiger partial charge in [0.1, 0.15) is 5.83 Å². The summed E-state index contributed by atoms with van der Waals surface area (Å²) in [5.74, 6) is -2.40. The van der Waals surface area contributed by atoms with Gasteiger partial charge < -0.3 is 5.73 Å². The maximum atomic E-state index is 15.8. The van der Waals surface area contributed by atoms with Gasteiger partial charge >= 0.3 is 5.69 Å². The van der Waals surface area contributed by atoms with Crippen molar-refractivity contribution in [1.29, 1.82) is 0 Å². The van der Waals surface area contributed by atoms with Crippen molar-refractivity contribution in [1.82, 2.24) is 9.55 Å². The van der Waals surface area contributed by atoms with Crippen LogP contribution in [0, 0.1) is 0 Å². The van der Waals surface area contributed by atoms with E-state index in [1.165, 1.54) is 15.9 Å². The number of halogens is 3. The van der Waals surface area contributed by atoms with Crippen LogP contribution in [-0.4, -0.2) is 22.0 Å². The van der Waals surface area contributed by atoms with Gasteiger partial charge in [-0.3, -0.25) is 14.3 Å². The number of nitrogens with one attached hydrogen (secondary N) is 1. The molecule has 2 heterocycles. The molecule has 3 aliphatic carbocycles. The molecule has 9 heteroatoms. The van der Waals surface area contributed by atoms with Gasteiger partial charge in [-0.15, -0.1) is 11.3 Å². The zero-order valence-electron chi connectivity index (χ0n) is 18.0. The number of aryl methyl sites for hydroxylation is 1. The predicted molar refractivity (Wildman–Crippen MR) is 118 cm³/mol. The molecule has 3 N–H and O–H groups in total. The van der Waals surface area contributed by atoms with Gasteiger partial charge in [-0.2, -0.15) is 0 Å². The summed E-state index contributed by atoms with van der Waals surface area (Å²) in [5, 5.41) is 0. The predicted octanol–water partition coefficient (Wildman–Crippen LogP) is 4.55. The van der Waals surface area contributed by atoms with Crippen molar-refractivity contribution in [2.45, 2.75) is 82.2 Å². The maximum Gasteiger partial charge on any atom is 0.328 e. The van der Waals surface area contributed by atoms with Crippen LogP contribution in [0.3, 0.4) is 0 Å². The highest BCUT2D eigenvalue weighted by atomic mass is 32.1. The number of fused-ring (bicyclic) bond motifs is 2. The van der Waals surface area contributed by atoms with Crippen LogP contribution in [-0.2, 0) is 6.42 Å². The minimum atomic E-state index is -3.17. The van der Waals surface area contributed by atoms with E-state index in [9.17, 15) is 18.4 Å². The second kappa shape index (κ2) is 7.73. The summed E-state index contributed by atoms with van der Waals surface area (Å²) in [7, 11) is 0. The van der Waals surface area contributed by atoms with Crippen LogP contribution in [0.5, 0.6) is 0 Å². The van der Waals surface area contributed by atoms with Gasteiger partial charge in [0.2, 0.25) is 0 Å².